The molecule has 10 rings (SSSR count). The third kappa shape index (κ3) is 6.75. The van der Waals surface area contributed by atoms with E-state index in [2.05, 4.69) is 21.4 Å². The maximum Gasteiger partial charge on any atom is 0.335 e. The fourth-order valence-electron chi connectivity index (χ4n) is 9.08. The van der Waals surface area contributed by atoms with Crippen molar-refractivity contribution < 1.29 is 18.4 Å². The molecule has 0 spiro atoms. The molecular weight excluding hydrogens is 814 g/mol. The van der Waals surface area contributed by atoms with Crippen LogP contribution in [0.25, 0.3) is 27.9 Å². The average molecular weight is 853 g/mol. The van der Waals surface area contributed by atoms with Gasteiger partial charge in [-0.1, -0.05) is 23.7 Å². The Hall–Kier alpha value is -6.92. The number of hydrogen-bond donors (Lipinski definition) is 1. The van der Waals surface area contributed by atoms with Crippen molar-refractivity contribution in [3.63, 3.8) is 0 Å². The summed E-state index contributed by atoms with van der Waals surface area (Å²) in [5, 5.41) is 14.0. The number of likely N-dealkylation sites (tertiary alicyclic amines) is 1. The second-order valence-corrected chi connectivity index (χ2v) is 16.7. The Bertz CT molecular complexity index is 3070. The zero-order valence-corrected chi connectivity index (χ0v) is 34.4. The molecule has 1 saturated heterocycles. The summed E-state index contributed by atoms with van der Waals surface area (Å²) in [7, 11) is 0. The molecule has 4 aromatic heterocycles. The van der Waals surface area contributed by atoms with Crippen LogP contribution in [-0.2, 0) is 24.3 Å². The SMILES string of the molecule is Cc1nc(Nc2cccc(F)c2)nc2c1n(-c1ccc(C(=O)N3CCc4c(n(Cc5ccc(Cl)cc5F)c5ncccc45)C3)cc1)c(=O)n2C1CCN(C(=O)C2(C#N)CC2)CC1. The zero-order valence-electron chi connectivity index (χ0n) is 33.6. The van der Waals surface area contributed by atoms with Crippen LogP contribution >= 0.6 is 11.6 Å². The van der Waals surface area contributed by atoms with Crippen molar-refractivity contribution in [1.82, 2.24) is 38.5 Å². The quantitative estimate of drug-likeness (QED) is 0.164. The van der Waals surface area contributed by atoms with Gasteiger partial charge in [0.05, 0.1) is 30.5 Å². The molecule has 2 fully saturated rings. The summed E-state index contributed by atoms with van der Waals surface area (Å²) in [4.78, 5) is 59.7. The van der Waals surface area contributed by atoms with Gasteiger partial charge >= 0.3 is 5.69 Å². The number of carbonyl (C=O) groups is 2. The summed E-state index contributed by atoms with van der Waals surface area (Å²) < 4.78 is 34.3. The van der Waals surface area contributed by atoms with Gasteiger partial charge in [0.2, 0.25) is 11.9 Å². The fourth-order valence-corrected chi connectivity index (χ4v) is 9.24. The number of fused-ring (bicyclic) bond motifs is 4. The van der Waals surface area contributed by atoms with Gasteiger partial charge in [0, 0.05) is 64.8 Å². The molecule has 6 heterocycles. The van der Waals surface area contributed by atoms with Crippen LogP contribution in [0.5, 0.6) is 0 Å². The lowest BCUT2D eigenvalue weighted by atomic mass is 10.0. The molecule has 0 radical (unpaired) electrons. The Morgan fingerprint density at radius 1 is 0.952 bits per heavy atom. The number of imidazole rings is 1. The molecule has 0 bridgehead atoms. The molecule has 0 atom stereocenters. The molecule has 1 aliphatic carbocycles. The van der Waals surface area contributed by atoms with Gasteiger partial charge in [0.15, 0.2) is 5.65 Å². The van der Waals surface area contributed by atoms with Gasteiger partial charge in [-0.2, -0.15) is 10.2 Å². The molecule has 16 heteroatoms. The minimum Gasteiger partial charge on any atom is -0.341 e. The second-order valence-electron chi connectivity index (χ2n) is 16.3. The molecule has 13 nitrogen and oxygen atoms in total. The van der Waals surface area contributed by atoms with Gasteiger partial charge < -0.3 is 19.7 Å². The largest absolute Gasteiger partial charge is 0.341 e. The number of halogens is 3. The number of hydrogen-bond acceptors (Lipinski definition) is 8. The fraction of sp³-hybridized carbons (Fsp3) is 0.283. The lowest BCUT2D eigenvalue weighted by Crippen LogP contribution is -2.43. The van der Waals surface area contributed by atoms with Gasteiger partial charge in [0.1, 0.15) is 28.2 Å². The van der Waals surface area contributed by atoms with Crippen LogP contribution in [0.2, 0.25) is 5.02 Å². The van der Waals surface area contributed by atoms with E-state index in [0.29, 0.717) is 103 Å². The Morgan fingerprint density at radius 2 is 1.74 bits per heavy atom. The molecule has 2 amide bonds. The third-order valence-corrected chi connectivity index (χ3v) is 12.7. The summed E-state index contributed by atoms with van der Waals surface area (Å²) in [6, 6.07) is 23.2. The van der Waals surface area contributed by atoms with Crippen molar-refractivity contribution in [2.24, 2.45) is 5.41 Å². The normalized spacial score (nSPS) is 16.0. The lowest BCUT2D eigenvalue weighted by Gasteiger charge is -2.33. The van der Waals surface area contributed by atoms with Crippen molar-refractivity contribution >= 4 is 57.2 Å². The summed E-state index contributed by atoms with van der Waals surface area (Å²) in [6.07, 6.45) is 4.36. The molecule has 62 heavy (non-hydrogen) atoms. The average Bonchev–Trinajstić information content (AvgIpc) is 3.95. The Balaban J connectivity index is 0.965. The minimum atomic E-state index is -0.928. The lowest BCUT2D eigenvalue weighted by molar-refractivity contribution is -0.136. The van der Waals surface area contributed by atoms with E-state index in [9.17, 15) is 24.0 Å². The van der Waals surface area contributed by atoms with Gasteiger partial charge in [0.25, 0.3) is 5.91 Å². The first-order chi connectivity index (χ1) is 30.0. The van der Waals surface area contributed by atoms with Crippen LogP contribution in [0, 0.1) is 35.3 Å². The number of carbonyl (C=O) groups excluding carboxylic acids is 2. The highest BCUT2D eigenvalue weighted by Crippen LogP contribution is 2.47. The van der Waals surface area contributed by atoms with E-state index in [-0.39, 0.29) is 36.0 Å². The number of rotatable bonds is 8. The van der Waals surface area contributed by atoms with E-state index in [0.717, 1.165) is 22.3 Å². The molecule has 3 aliphatic rings. The molecule has 0 unspecified atom stereocenters. The highest BCUT2D eigenvalue weighted by molar-refractivity contribution is 6.30. The Kier molecular flexibility index (Phi) is 9.63. The number of anilines is 2. The van der Waals surface area contributed by atoms with E-state index >= 15 is 4.39 Å². The molecule has 2 aliphatic heterocycles. The summed E-state index contributed by atoms with van der Waals surface area (Å²) in [5.41, 5.74) is 4.56. The van der Waals surface area contributed by atoms with Crippen LogP contribution in [0.15, 0.2) is 89.9 Å². The number of aromatic nitrogens is 6. The van der Waals surface area contributed by atoms with E-state index in [4.69, 9.17) is 16.6 Å². The first-order valence-electron chi connectivity index (χ1n) is 20.6. The topological polar surface area (TPSA) is 147 Å². The van der Waals surface area contributed by atoms with Crippen molar-refractivity contribution in [3.05, 3.63) is 140 Å². The van der Waals surface area contributed by atoms with Crippen molar-refractivity contribution in [2.75, 3.05) is 25.0 Å². The van der Waals surface area contributed by atoms with Crippen LogP contribution in [-0.4, -0.2) is 69.9 Å². The molecular formula is C46H39ClF2N10O3. The number of nitrogens with zero attached hydrogens (tertiary/aromatic N) is 9. The number of amides is 2. The highest BCUT2D eigenvalue weighted by atomic mass is 35.5. The van der Waals surface area contributed by atoms with Crippen LogP contribution in [0.4, 0.5) is 20.4 Å². The van der Waals surface area contributed by atoms with Crippen molar-refractivity contribution in [1.29, 1.82) is 5.26 Å². The molecule has 1 saturated carbocycles. The van der Waals surface area contributed by atoms with Gasteiger partial charge in [-0.05, 0) is 111 Å². The minimum absolute atomic E-state index is 0.152. The smallest absolute Gasteiger partial charge is 0.335 e. The third-order valence-electron chi connectivity index (χ3n) is 12.5. The van der Waals surface area contributed by atoms with Crippen LogP contribution < -0.4 is 11.0 Å². The molecule has 1 N–H and O–H groups in total. The zero-order chi connectivity index (χ0) is 42.9. The summed E-state index contributed by atoms with van der Waals surface area (Å²) >= 11 is 6.05. The number of aryl methyl sites for hydroxylation is 1. The number of pyridine rings is 1. The Labute approximate surface area is 358 Å². The summed E-state index contributed by atoms with van der Waals surface area (Å²) in [5.74, 6) is -1.02. The molecule has 312 valence electrons. The van der Waals surface area contributed by atoms with E-state index < -0.39 is 17.0 Å². The number of piperidine rings is 1. The summed E-state index contributed by atoms with van der Waals surface area (Å²) in [6.45, 7) is 3.52. The van der Waals surface area contributed by atoms with E-state index in [1.54, 1.807) is 80.6 Å². The van der Waals surface area contributed by atoms with Gasteiger partial charge in [-0.3, -0.25) is 18.7 Å². The van der Waals surface area contributed by atoms with Crippen molar-refractivity contribution in [2.45, 2.75) is 58.2 Å². The van der Waals surface area contributed by atoms with Crippen molar-refractivity contribution in [3.8, 4) is 11.8 Å². The first kappa shape index (κ1) is 39.2. The second kappa shape index (κ2) is 15.2. The maximum atomic E-state index is 15.0. The van der Waals surface area contributed by atoms with Crippen LogP contribution in [0.3, 0.4) is 0 Å². The predicted octanol–water partition coefficient (Wildman–Crippen LogP) is 7.63. The van der Waals surface area contributed by atoms with Gasteiger partial charge in [-0.15, -0.1) is 0 Å². The van der Waals surface area contributed by atoms with E-state index in [1.165, 1.54) is 18.2 Å². The first-order valence-corrected chi connectivity index (χ1v) is 20.9. The monoisotopic (exact) mass is 852 g/mol. The van der Waals surface area contributed by atoms with Crippen LogP contribution in [0.1, 0.15) is 64.6 Å². The predicted molar refractivity (Wildman–Crippen MR) is 228 cm³/mol. The Morgan fingerprint density at radius 3 is 2.47 bits per heavy atom. The molecule has 3 aromatic carbocycles. The number of benzene rings is 3. The van der Waals surface area contributed by atoms with Gasteiger partial charge in [-0.25, -0.2) is 23.5 Å². The standard InChI is InChI=1S/C46H39ClF2N10O3/c1-27-39-41(54-44(52-27)53-32-5-2-4-31(48)23-32)59(34-13-19-55(20-14-34)43(61)46(26-50)16-17-46)45(62)58(39)33-11-8-28(9-12-33)42(60)56-21-15-35-36-6-3-18-51-40(36)57(38(35)25-56)24-29-7-10-30(47)22-37(29)49/h2-12,18,22-23,34H,13-17,19-21,24-25H2,1H3,(H,52,53,54). The van der Waals surface area contributed by atoms with E-state index in [1.807, 2.05) is 16.7 Å². The number of nitrogens with one attached hydrogen (secondary N) is 1. The number of nitriles is 1. The highest BCUT2D eigenvalue weighted by Gasteiger charge is 2.53. The maximum absolute atomic E-state index is 15.0. The molecule has 7 aromatic rings.